The molecular formula is C18H25ClN2O. The Morgan fingerprint density at radius 2 is 2.00 bits per heavy atom. The molecular weight excluding hydrogens is 296 g/mol. The third kappa shape index (κ3) is 4.23. The molecule has 0 spiro atoms. The summed E-state index contributed by atoms with van der Waals surface area (Å²) in [5, 5.41) is 0. The number of amides is 1. The summed E-state index contributed by atoms with van der Waals surface area (Å²) in [6.07, 6.45) is 4.98. The largest absolute Gasteiger partial charge is 0.341 e. The SMILES string of the molecule is O=C(CCl)N1CCCC(CN(Cc2ccccc2)C2CC2)C1. The monoisotopic (exact) mass is 320 g/mol. The van der Waals surface area contributed by atoms with Crippen LogP contribution in [0.5, 0.6) is 0 Å². The van der Waals surface area contributed by atoms with Crippen LogP contribution in [0.1, 0.15) is 31.2 Å². The van der Waals surface area contributed by atoms with Gasteiger partial charge in [-0.2, -0.15) is 0 Å². The lowest BCUT2D eigenvalue weighted by molar-refractivity contribution is -0.130. The fourth-order valence-corrected chi connectivity index (χ4v) is 3.63. The lowest BCUT2D eigenvalue weighted by atomic mass is 9.97. The molecule has 0 aromatic heterocycles. The molecule has 0 bridgehead atoms. The van der Waals surface area contributed by atoms with E-state index >= 15 is 0 Å². The second-order valence-corrected chi connectivity index (χ2v) is 6.90. The van der Waals surface area contributed by atoms with Gasteiger partial charge in [-0.05, 0) is 37.2 Å². The van der Waals surface area contributed by atoms with E-state index in [4.69, 9.17) is 11.6 Å². The van der Waals surface area contributed by atoms with Gasteiger partial charge in [-0.15, -0.1) is 11.6 Å². The van der Waals surface area contributed by atoms with Crippen molar-refractivity contribution in [3.63, 3.8) is 0 Å². The summed E-state index contributed by atoms with van der Waals surface area (Å²) in [6.45, 7) is 3.89. The Kier molecular flexibility index (Phi) is 5.37. The average molecular weight is 321 g/mol. The Balaban J connectivity index is 1.58. The number of hydrogen-bond donors (Lipinski definition) is 0. The highest BCUT2D eigenvalue weighted by molar-refractivity contribution is 6.27. The maximum atomic E-state index is 11.8. The van der Waals surface area contributed by atoms with Crippen LogP contribution in [0.15, 0.2) is 30.3 Å². The van der Waals surface area contributed by atoms with Gasteiger partial charge in [0.25, 0.3) is 0 Å². The quantitative estimate of drug-likeness (QED) is 0.752. The molecule has 120 valence electrons. The number of halogens is 1. The average Bonchev–Trinajstić information content (AvgIpc) is 3.40. The number of nitrogens with zero attached hydrogens (tertiary/aromatic N) is 2. The summed E-state index contributed by atoms with van der Waals surface area (Å²) in [5.41, 5.74) is 1.39. The zero-order chi connectivity index (χ0) is 15.4. The highest BCUT2D eigenvalue weighted by atomic mass is 35.5. The minimum Gasteiger partial charge on any atom is -0.341 e. The fourth-order valence-electron chi connectivity index (χ4n) is 3.46. The zero-order valence-electron chi connectivity index (χ0n) is 13.1. The van der Waals surface area contributed by atoms with Crippen molar-refractivity contribution < 1.29 is 4.79 Å². The molecule has 0 radical (unpaired) electrons. The second-order valence-electron chi connectivity index (χ2n) is 6.63. The third-order valence-corrected chi connectivity index (χ3v) is 5.00. The molecule has 2 fully saturated rings. The Bertz CT molecular complexity index is 489. The smallest absolute Gasteiger partial charge is 0.237 e. The zero-order valence-corrected chi connectivity index (χ0v) is 13.8. The lowest BCUT2D eigenvalue weighted by Crippen LogP contribution is -2.44. The lowest BCUT2D eigenvalue weighted by Gasteiger charge is -2.35. The molecule has 1 atom stereocenters. The van der Waals surface area contributed by atoms with Gasteiger partial charge < -0.3 is 4.90 Å². The first-order valence-corrected chi connectivity index (χ1v) is 8.91. The van der Waals surface area contributed by atoms with Crippen molar-refractivity contribution >= 4 is 17.5 Å². The first-order valence-electron chi connectivity index (χ1n) is 8.38. The number of rotatable bonds is 6. The van der Waals surface area contributed by atoms with Crippen molar-refractivity contribution in [1.82, 2.24) is 9.80 Å². The van der Waals surface area contributed by atoms with E-state index in [-0.39, 0.29) is 11.8 Å². The van der Waals surface area contributed by atoms with Crippen LogP contribution < -0.4 is 0 Å². The Labute approximate surface area is 138 Å². The molecule has 1 unspecified atom stereocenters. The summed E-state index contributed by atoms with van der Waals surface area (Å²) >= 11 is 5.70. The van der Waals surface area contributed by atoms with Crippen LogP contribution >= 0.6 is 11.6 Å². The molecule has 3 rings (SSSR count). The van der Waals surface area contributed by atoms with Crippen LogP contribution in [0.2, 0.25) is 0 Å². The van der Waals surface area contributed by atoms with Gasteiger partial charge in [0.15, 0.2) is 0 Å². The first kappa shape index (κ1) is 15.8. The van der Waals surface area contributed by atoms with Gasteiger partial charge >= 0.3 is 0 Å². The Morgan fingerprint density at radius 1 is 1.23 bits per heavy atom. The van der Waals surface area contributed by atoms with Crippen LogP contribution in [-0.2, 0) is 11.3 Å². The molecule has 1 aromatic rings. The van der Waals surface area contributed by atoms with Crippen LogP contribution in [0.25, 0.3) is 0 Å². The minimum atomic E-state index is 0.0902. The summed E-state index contributed by atoms with van der Waals surface area (Å²) < 4.78 is 0. The molecule has 1 aliphatic carbocycles. The predicted molar refractivity (Wildman–Crippen MR) is 89.9 cm³/mol. The number of carbonyl (C=O) groups excluding carboxylic acids is 1. The summed E-state index contributed by atoms with van der Waals surface area (Å²) in [5.74, 6) is 0.793. The van der Waals surface area contributed by atoms with Crippen LogP contribution in [0.3, 0.4) is 0 Å². The van der Waals surface area contributed by atoms with Gasteiger partial charge in [0, 0.05) is 32.2 Å². The molecule has 1 aromatic carbocycles. The van der Waals surface area contributed by atoms with Crippen molar-refractivity contribution in [2.45, 2.75) is 38.3 Å². The summed E-state index contributed by atoms with van der Waals surface area (Å²) in [7, 11) is 0. The van der Waals surface area contributed by atoms with E-state index < -0.39 is 0 Å². The number of alkyl halides is 1. The standard InChI is InChI=1S/C18H25ClN2O/c19-11-18(22)20-10-4-7-16(13-20)14-21(17-8-9-17)12-15-5-2-1-3-6-15/h1-3,5-6,16-17H,4,7-14H2. The van der Waals surface area contributed by atoms with Crippen LogP contribution in [0.4, 0.5) is 0 Å². The fraction of sp³-hybridized carbons (Fsp3) is 0.611. The molecule has 1 amide bonds. The molecule has 1 saturated carbocycles. The van der Waals surface area contributed by atoms with Crippen molar-refractivity contribution in [2.75, 3.05) is 25.5 Å². The van der Waals surface area contributed by atoms with Gasteiger partial charge in [0.1, 0.15) is 5.88 Å². The number of piperidine rings is 1. The van der Waals surface area contributed by atoms with Gasteiger partial charge in [-0.3, -0.25) is 9.69 Å². The molecule has 22 heavy (non-hydrogen) atoms. The number of hydrogen-bond acceptors (Lipinski definition) is 2. The molecule has 0 N–H and O–H groups in total. The van der Waals surface area contributed by atoms with E-state index in [1.807, 2.05) is 4.90 Å². The van der Waals surface area contributed by atoms with E-state index in [1.165, 1.54) is 24.8 Å². The topological polar surface area (TPSA) is 23.6 Å². The molecule has 1 heterocycles. The highest BCUT2D eigenvalue weighted by Crippen LogP contribution is 2.30. The van der Waals surface area contributed by atoms with E-state index in [1.54, 1.807) is 0 Å². The van der Waals surface area contributed by atoms with E-state index in [0.717, 1.165) is 38.6 Å². The number of likely N-dealkylation sites (tertiary alicyclic amines) is 1. The Hall–Kier alpha value is -1.06. The second kappa shape index (κ2) is 7.47. The molecule has 4 heteroatoms. The predicted octanol–water partition coefficient (Wildman–Crippen LogP) is 3.13. The van der Waals surface area contributed by atoms with Gasteiger partial charge in [0.2, 0.25) is 5.91 Å². The number of benzene rings is 1. The molecule has 2 aliphatic rings. The molecule has 1 saturated heterocycles. The third-order valence-electron chi connectivity index (χ3n) is 4.77. The van der Waals surface area contributed by atoms with Gasteiger partial charge in [-0.25, -0.2) is 0 Å². The number of carbonyl (C=O) groups is 1. The van der Waals surface area contributed by atoms with Crippen molar-refractivity contribution in [3.8, 4) is 0 Å². The van der Waals surface area contributed by atoms with Crippen molar-refractivity contribution in [2.24, 2.45) is 5.92 Å². The van der Waals surface area contributed by atoms with E-state index in [0.29, 0.717) is 5.92 Å². The minimum absolute atomic E-state index is 0.0902. The first-order chi connectivity index (χ1) is 10.8. The Morgan fingerprint density at radius 3 is 2.68 bits per heavy atom. The van der Waals surface area contributed by atoms with Crippen molar-refractivity contribution in [3.05, 3.63) is 35.9 Å². The van der Waals surface area contributed by atoms with E-state index in [9.17, 15) is 4.79 Å². The van der Waals surface area contributed by atoms with Crippen LogP contribution in [0, 0.1) is 5.92 Å². The normalized spacial score (nSPS) is 22.1. The summed E-state index contributed by atoms with van der Waals surface area (Å²) in [6, 6.07) is 11.5. The molecule has 1 aliphatic heterocycles. The van der Waals surface area contributed by atoms with Gasteiger partial charge in [-0.1, -0.05) is 30.3 Å². The van der Waals surface area contributed by atoms with Crippen LogP contribution in [-0.4, -0.2) is 47.3 Å². The molecule has 3 nitrogen and oxygen atoms in total. The van der Waals surface area contributed by atoms with Crippen molar-refractivity contribution in [1.29, 1.82) is 0 Å². The van der Waals surface area contributed by atoms with Gasteiger partial charge in [0.05, 0.1) is 0 Å². The maximum absolute atomic E-state index is 11.8. The highest BCUT2D eigenvalue weighted by Gasteiger charge is 2.32. The summed E-state index contributed by atoms with van der Waals surface area (Å²) in [4.78, 5) is 16.4. The maximum Gasteiger partial charge on any atom is 0.237 e. The van der Waals surface area contributed by atoms with E-state index in [2.05, 4.69) is 35.2 Å².